The molecule has 0 atom stereocenters. The highest BCUT2D eigenvalue weighted by Gasteiger charge is 2.02. The van der Waals surface area contributed by atoms with E-state index in [-0.39, 0.29) is 18.1 Å². The van der Waals surface area contributed by atoms with Crippen molar-refractivity contribution in [3.8, 4) is 0 Å². The third-order valence-electron chi connectivity index (χ3n) is 2.83. The van der Waals surface area contributed by atoms with Gasteiger partial charge in [0.25, 0.3) is 0 Å². The molecule has 0 saturated carbocycles. The lowest BCUT2D eigenvalue weighted by atomic mass is 10.1. The third-order valence-corrected chi connectivity index (χ3v) is 3.18. The number of benzene rings is 2. The van der Waals surface area contributed by atoms with Crippen LogP contribution in [0.15, 0.2) is 42.5 Å². The number of nitrogens with two attached hydrogens (primary N) is 1. The largest absolute Gasteiger partial charge is 0.381 e. The molecule has 0 aromatic heterocycles. The van der Waals surface area contributed by atoms with Crippen LogP contribution in [0.25, 0.3) is 0 Å². The van der Waals surface area contributed by atoms with Crippen LogP contribution < -0.4 is 11.1 Å². The summed E-state index contributed by atoms with van der Waals surface area (Å²) in [7, 11) is 0. The Hall–Kier alpha value is -2.07. The normalized spacial score (nSPS) is 10.3. The van der Waals surface area contributed by atoms with Crippen LogP contribution in [-0.4, -0.2) is 5.91 Å². The van der Waals surface area contributed by atoms with Gasteiger partial charge in [0.05, 0.1) is 6.42 Å². The maximum Gasteiger partial charge on any atom is 0.221 e. The molecule has 0 spiro atoms. The van der Waals surface area contributed by atoms with Gasteiger partial charge in [-0.25, -0.2) is 4.39 Å². The average Bonchev–Trinajstić information content (AvgIpc) is 2.39. The molecule has 0 fully saturated rings. The van der Waals surface area contributed by atoms with Crippen molar-refractivity contribution in [3.63, 3.8) is 0 Å². The molecule has 3 N–H and O–H groups in total. The second kappa shape index (κ2) is 6.39. The number of rotatable bonds is 5. The summed E-state index contributed by atoms with van der Waals surface area (Å²) in [6.45, 7) is 0.494. The predicted molar refractivity (Wildman–Crippen MR) is 78.1 cm³/mol. The lowest BCUT2D eigenvalue weighted by molar-refractivity contribution is -0.117. The summed E-state index contributed by atoms with van der Waals surface area (Å²) in [6, 6.07) is 11.7. The van der Waals surface area contributed by atoms with Crippen LogP contribution in [0.2, 0.25) is 5.02 Å². The van der Waals surface area contributed by atoms with E-state index in [2.05, 4.69) is 5.32 Å². The first-order valence-corrected chi connectivity index (χ1v) is 6.47. The zero-order valence-corrected chi connectivity index (χ0v) is 11.5. The van der Waals surface area contributed by atoms with Gasteiger partial charge in [-0.15, -0.1) is 0 Å². The van der Waals surface area contributed by atoms with Gasteiger partial charge in [-0.1, -0.05) is 29.8 Å². The van der Waals surface area contributed by atoms with Gasteiger partial charge < -0.3 is 11.1 Å². The van der Waals surface area contributed by atoms with Crippen molar-refractivity contribution < 1.29 is 9.18 Å². The van der Waals surface area contributed by atoms with Crippen molar-refractivity contribution in [2.45, 2.75) is 13.0 Å². The highest BCUT2D eigenvalue weighted by Crippen LogP contribution is 2.19. The fourth-order valence-electron chi connectivity index (χ4n) is 1.80. The molecule has 2 rings (SSSR count). The van der Waals surface area contributed by atoms with Crippen LogP contribution in [0.1, 0.15) is 11.1 Å². The number of amides is 1. The molecule has 0 aliphatic carbocycles. The first kappa shape index (κ1) is 14.3. The summed E-state index contributed by atoms with van der Waals surface area (Å²) >= 11 is 5.95. The quantitative estimate of drug-likeness (QED) is 0.889. The highest BCUT2D eigenvalue weighted by molar-refractivity contribution is 6.31. The molecule has 0 radical (unpaired) electrons. The van der Waals surface area contributed by atoms with Gasteiger partial charge in [-0.2, -0.15) is 0 Å². The second-order valence-corrected chi connectivity index (χ2v) is 4.84. The van der Waals surface area contributed by atoms with E-state index in [1.54, 1.807) is 6.07 Å². The molecule has 2 aromatic rings. The molecule has 2 aromatic carbocycles. The Bertz CT molecular complexity index is 614. The molecule has 0 aliphatic heterocycles. The van der Waals surface area contributed by atoms with Crippen molar-refractivity contribution in [3.05, 3.63) is 64.4 Å². The SMILES string of the molecule is NC(=O)Cc1ccc(NCc2ccc(F)cc2Cl)cc1. The van der Waals surface area contributed by atoms with E-state index in [0.29, 0.717) is 11.6 Å². The second-order valence-electron chi connectivity index (χ2n) is 4.43. The highest BCUT2D eigenvalue weighted by atomic mass is 35.5. The molecule has 5 heteroatoms. The number of carbonyl (C=O) groups is 1. The molecule has 1 amide bonds. The maximum absolute atomic E-state index is 12.9. The van der Waals surface area contributed by atoms with E-state index in [1.165, 1.54) is 12.1 Å². The zero-order chi connectivity index (χ0) is 14.5. The Labute approximate surface area is 121 Å². The third kappa shape index (κ3) is 3.96. The Morgan fingerprint density at radius 3 is 2.50 bits per heavy atom. The van der Waals surface area contributed by atoms with Crippen LogP contribution in [0.4, 0.5) is 10.1 Å². The molecule has 0 aliphatic rings. The van der Waals surface area contributed by atoms with Crippen LogP contribution in [0.5, 0.6) is 0 Å². The number of hydrogen-bond acceptors (Lipinski definition) is 2. The summed E-state index contributed by atoms with van der Waals surface area (Å²) in [4.78, 5) is 10.8. The standard InChI is InChI=1S/C15H14ClFN2O/c16-14-8-12(17)4-3-11(14)9-19-13-5-1-10(2-6-13)7-15(18)20/h1-6,8,19H,7,9H2,(H2,18,20). The molecule has 0 bridgehead atoms. The van der Waals surface area contributed by atoms with Gasteiger partial charge in [0.15, 0.2) is 0 Å². The van der Waals surface area contributed by atoms with Gasteiger partial charge in [0.1, 0.15) is 5.82 Å². The van der Waals surface area contributed by atoms with Crippen molar-refractivity contribution >= 4 is 23.2 Å². The summed E-state index contributed by atoms with van der Waals surface area (Å²) < 4.78 is 12.9. The topological polar surface area (TPSA) is 55.1 Å². The molecule has 3 nitrogen and oxygen atoms in total. The van der Waals surface area contributed by atoms with Crippen molar-refractivity contribution in [1.82, 2.24) is 0 Å². The molecule has 104 valence electrons. The van der Waals surface area contributed by atoms with Crippen molar-refractivity contribution in [2.75, 3.05) is 5.32 Å². The van der Waals surface area contributed by atoms with Gasteiger partial charge in [-0.05, 0) is 35.4 Å². The van der Waals surface area contributed by atoms with E-state index in [1.807, 2.05) is 24.3 Å². The number of carbonyl (C=O) groups excluding carboxylic acids is 1. The average molecular weight is 293 g/mol. The van der Waals surface area contributed by atoms with Crippen LogP contribution in [-0.2, 0) is 17.8 Å². The zero-order valence-electron chi connectivity index (χ0n) is 10.7. The van der Waals surface area contributed by atoms with Gasteiger partial charge in [0, 0.05) is 17.3 Å². The Morgan fingerprint density at radius 1 is 1.20 bits per heavy atom. The maximum atomic E-state index is 12.9. The number of anilines is 1. The Balaban J connectivity index is 1.98. The number of hydrogen-bond donors (Lipinski definition) is 2. The minimum absolute atomic E-state index is 0.226. The van der Waals surface area contributed by atoms with Crippen LogP contribution in [0.3, 0.4) is 0 Å². The summed E-state index contributed by atoms with van der Waals surface area (Å²) in [5.41, 5.74) is 7.69. The minimum atomic E-state index is -0.358. The van der Waals surface area contributed by atoms with Gasteiger partial charge in [-0.3, -0.25) is 4.79 Å². The lowest BCUT2D eigenvalue weighted by Gasteiger charge is -2.09. The van der Waals surface area contributed by atoms with Crippen LogP contribution in [0, 0.1) is 5.82 Å². The summed E-state index contributed by atoms with van der Waals surface area (Å²) in [5, 5.41) is 3.57. The van der Waals surface area contributed by atoms with Crippen molar-refractivity contribution in [1.29, 1.82) is 0 Å². The molecule has 0 saturated heterocycles. The number of nitrogens with one attached hydrogen (secondary N) is 1. The molecule has 0 unspecified atom stereocenters. The summed E-state index contributed by atoms with van der Waals surface area (Å²) in [5.74, 6) is -0.710. The van der Waals surface area contributed by atoms with Crippen LogP contribution >= 0.6 is 11.6 Å². The molecular weight excluding hydrogens is 279 g/mol. The Morgan fingerprint density at radius 2 is 1.90 bits per heavy atom. The van der Waals surface area contributed by atoms with E-state index >= 15 is 0 Å². The smallest absolute Gasteiger partial charge is 0.221 e. The lowest BCUT2D eigenvalue weighted by Crippen LogP contribution is -2.13. The first-order chi connectivity index (χ1) is 9.54. The van der Waals surface area contributed by atoms with E-state index in [9.17, 15) is 9.18 Å². The van der Waals surface area contributed by atoms with E-state index < -0.39 is 0 Å². The molecule has 0 heterocycles. The predicted octanol–water partition coefficient (Wildman–Crippen LogP) is 3.12. The number of primary amides is 1. The molecule has 20 heavy (non-hydrogen) atoms. The summed E-state index contributed by atoms with van der Waals surface area (Å²) in [6.07, 6.45) is 0.226. The van der Waals surface area contributed by atoms with E-state index in [4.69, 9.17) is 17.3 Å². The van der Waals surface area contributed by atoms with Crippen molar-refractivity contribution in [2.24, 2.45) is 5.73 Å². The minimum Gasteiger partial charge on any atom is -0.381 e. The fourth-order valence-corrected chi connectivity index (χ4v) is 2.04. The number of halogens is 2. The monoisotopic (exact) mass is 292 g/mol. The van der Waals surface area contributed by atoms with Gasteiger partial charge >= 0.3 is 0 Å². The fraction of sp³-hybridized carbons (Fsp3) is 0.133. The van der Waals surface area contributed by atoms with Gasteiger partial charge in [0.2, 0.25) is 5.91 Å². The van der Waals surface area contributed by atoms with E-state index in [0.717, 1.165) is 16.8 Å². The Kier molecular flexibility index (Phi) is 4.58. The first-order valence-electron chi connectivity index (χ1n) is 6.09. The molecular formula is C15H14ClFN2O.